The molecular weight excluding hydrogens is 1790 g/mol. The number of furan rings is 5. The fourth-order valence-corrected chi connectivity index (χ4v) is 22.0. The summed E-state index contributed by atoms with van der Waals surface area (Å²) in [6.45, 7) is 30.3. The van der Waals surface area contributed by atoms with Crippen LogP contribution in [0, 0.1) is 34.6 Å². The molecule has 0 saturated carbocycles. The molecule has 20 heterocycles. The van der Waals surface area contributed by atoms with E-state index < -0.39 is 0 Å². The zero-order valence-corrected chi connectivity index (χ0v) is 82.0. The topological polar surface area (TPSA) is 253 Å². The van der Waals surface area contributed by atoms with E-state index in [9.17, 15) is 0 Å². The minimum Gasteiger partial charge on any atom is -0.435 e. The number of rotatable bonds is 10. The minimum atomic E-state index is -0.0322. The Morgan fingerprint density at radius 2 is 0.424 bits per heavy atom. The maximum Gasteiger partial charge on any atom is 0.227 e. The number of pyridine rings is 8. The highest BCUT2D eigenvalue weighted by Crippen LogP contribution is 2.56. The van der Waals surface area contributed by atoms with Crippen molar-refractivity contribution in [3.05, 3.63) is 351 Å². The Kier molecular flexibility index (Phi) is 22.1. The molecule has 0 fully saturated rings. The van der Waals surface area contributed by atoms with Crippen molar-refractivity contribution in [1.29, 1.82) is 0 Å². The van der Waals surface area contributed by atoms with Gasteiger partial charge in [0.05, 0.1) is 45.5 Å². The van der Waals surface area contributed by atoms with E-state index in [1.807, 2.05) is 104 Å². The van der Waals surface area contributed by atoms with Gasteiger partial charge in [-0.05, 0) is 258 Å². The molecule has 144 heavy (non-hydrogen) atoms. The molecule has 0 N–H and O–H groups in total. The Bertz CT molecular complexity index is 8180. The van der Waals surface area contributed by atoms with Crippen molar-refractivity contribution in [1.82, 2.24) is 59.8 Å². The molecule has 5 aliphatic heterocycles. The van der Waals surface area contributed by atoms with Crippen LogP contribution in [0.25, 0.3) is 110 Å². The molecule has 710 valence electrons. The van der Waals surface area contributed by atoms with Crippen LogP contribution >= 0.6 is 0 Å². The molecule has 0 amide bonds. The van der Waals surface area contributed by atoms with Crippen LogP contribution in [0.15, 0.2) is 345 Å². The third-order valence-electron chi connectivity index (χ3n) is 28.2. The van der Waals surface area contributed by atoms with Gasteiger partial charge in [0, 0.05) is 157 Å². The molecule has 15 aromatic heterocycles. The lowest BCUT2D eigenvalue weighted by Gasteiger charge is -2.33. The minimum absolute atomic E-state index is 0.0303. The van der Waals surface area contributed by atoms with E-state index in [0.29, 0.717) is 40.7 Å². The van der Waals surface area contributed by atoms with Crippen molar-refractivity contribution in [2.24, 2.45) is 0 Å². The van der Waals surface area contributed by atoms with Gasteiger partial charge in [-0.15, -0.1) is 0 Å². The van der Waals surface area contributed by atoms with E-state index in [0.717, 1.165) is 207 Å². The number of para-hydroxylation sites is 3. The molecule has 0 radical (unpaired) electrons. The van der Waals surface area contributed by atoms with Crippen LogP contribution in [0.2, 0.25) is 0 Å². The summed E-state index contributed by atoms with van der Waals surface area (Å²) in [5.41, 5.74) is 25.1. The Hall–Kier alpha value is -17.9. The van der Waals surface area contributed by atoms with Crippen molar-refractivity contribution < 1.29 is 22.1 Å². The maximum absolute atomic E-state index is 6.29. The van der Waals surface area contributed by atoms with Gasteiger partial charge in [0.1, 0.15) is 30.8 Å². The molecule has 0 aliphatic carbocycles. The number of aryl methyl sites for hydroxylation is 5. The van der Waals surface area contributed by atoms with Gasteiger partial charge in [-0.25, -0.2) is 59.8 Å². The van der Waals surface area contributed by atoms with Gasteiger partial charge in [-0.1, -0.05) is 115 Å². The molecule has 27 nitrogen and oxygen atoms in total. The number of nitrogens with zero attached hydrogens (tertiary/aromatic N) is 22. The predicted octanol–water partition coefficient (Wildman–Crippen LogP) is 28.5. The van der Waals surface area contributed by atoms with Crippen LogP contribution < -0.4 is 49.0 Å². The van der Waals surface area contributed by atoms with Crippen molar-refractivity contribution in [3.63, 3.8) is 0 Å². The summed E-state index contributed by atoms with van der Waals surface area (Å²) in [5.74, 6) is 6.32. The lowest BCUT2D eigenvalue weighted by molar-refractivity contribution is 0.597. The number of hydrogen-bond donors (Lipinski definition) is 0. The highest BCUT2D eigenvalue weighted by Gasteiger charge is 2.45. The lowest BCUT2D eigenvalue weighted by Crippen LogP contribution is -2.42. The zero-order chi connectivity index (χ0) is 98.1. The molecule has 23 aromatic rings. The number of aromatic nitrogens is 12. The molecule has 5 aliphatic rings. The molecule has 5 unspecified atom stereocenters. The number of anilines is 18. The molecule has 28 rings (SSSR count). The van der Waals surface area contributed by atoms with Crippen molar-refractivity contribution >= 4 is 214 Å². The first-order valence-electron chi connectivity index (χ1n) is 48.7. The second-order valence-corrected chi connectivity index (χ2v) is 37.4. The maximum atomic E-state index is 6.29. The second kappa shape index (κ2) is 35.8. The van der Waals surface area contributed by atoms with Crippen LogP contribution in [0.1, 0.15) is 90.1 Å². The molecule has 5 atom stereocenters. The van der Waals surface area contributed by atoms with E-state index in [2.05, 4.69) is 355 Å². The normalized spacial score (nSPS) is 16.2. The van der Waals surface area contributed by atoms with E-state index in [1.54, 1.807) is 55.8 Å². The van der Waals surface area contributed by atoms with E-state index in [4.69, 9.17) is 37.0 Å². The van der Waals surface area contributed by atoms with Gasteiger partial charge in [-0.2, -0.15) is 0 Å². The number of hydrogen-bond acceptors (Lipinski definition) is 27. The van der Waals surface area contributed by atoms with Crippen LogP contribution in [0.5, 0.6) is 0 Å². The Balaban J connectivity index is 0.0000000969. The van der Waals surface area contributed by atoms with E-state index in [1.165, 1.54) is 5.56 Å². The van der Waals surface area contributed by atoms with Gasteiger partial charge in [0.25, 0.3) is 0 Å². The molecule has 8 aromatic carbocycles. The van der Waals surface area contributed by atoms with E-state index >= 15 is 0 Å². The quantitative estimate of drug-likeness (QED) is 0.123. The average Bonchev–Trinajstić information content (AvgIpc) is 1.58. The number of fused-ring (bicyclic) bond motifs is 20. The van der Waals surface area contributed by atoms with Gasteiger partial charge in [-0.3, -0.25) is 14.7 Å². The first-order chi connectivity index (χ1) is 70.4. The molecule has 0 saturated heterocycles. The zero-order valence-electron chi connectivity index (χ0n) is 82.0. The van der Waals surface area contributed by atoms with Crippen molar-refractivity contribution in [2.75, 3.05) is 49.0 Å². The Labute approximate surface area is 830 Å². The average molecular weight is 1900 g/mol. The SMILES string of the molecule is Cc1ccc2c(oc3ncccc32)c1N1c2cccnc2N(C(C)C)C1C.Cc1ccc2c(oc3ncccc32)c1N1c2cccnc2N(c2ccccc2)C1C.Cc1ccc2c(oc3ncccc32)c1N1c2ncccc2N(c2ccccc2)C1C.Cc1ccc2c(oc3ncccc32)c1N1c2nccnc2N(C(C)C)C1C.Cc1ccc2c(oc3ncccc32)c1N1c2nccnc2N(c2ccccc2)C1C. The van der Waals surface area contributed by atoms with Gasteiger partial charge in [0.15, 0.2) is 68.6 Å². The summed E-state index contributed by atoms with van der Waals surface area (Å²) >= 11 is 0. The monoisotopic (exact) mass is 1890 g/mol. The third kappa shape index (κ3) is 14.4. The summed E-state index contributed by atoms with van der Waals surface area (Å²) in [5, 5.41) is 10.5. The summed E-state index contributed by atoms with van der Waals surface area (Å²) in [4.78, 5) is 77.8. The fraction of sp³-hybridized carbons (Fsp3) is 0.179. The largest absolute Gasteiger partial charge is 0.435 e. The fourth-order valence-electron chi connectivity index (χ4n) is 22.0. The summed E-state index contributed by atoms with van der Waals surface area (Å²) in [6, 6.07) is 85.5. The highest BCUT2D eigenvalue weighted by atomic mass is 16.4. The van der Waals surface area contributed by atoms with Crippen molar-refractivity contribution in [2.45, 2.75) is 140 Å². The number of benzene rings is 8. The van der Waals surface area contributed by atoms with Crippen LogP contribution in [-0.2, 0) is 0 Å². The Morgan fingerprint density at radius 1 is 0.194 bits per heavy atom. The predicted molar refractivity (Wildman–Crippen MR) is 577 cm³/mol. The van der Waals surface area contributed by atoms with Gasteiger partial charge >= 0.3 is 0 Å². The first kappa shape index (κ1) is 88.8. The summed E-state index contributed by atoms with van der Waals surface area (Å²) in [7, 11) is 0. The molecular formula is C117H102N22O5. The summed E-state index contributed by atoms with van der Waals surface area (Å²) in [6.07, 6.45) is 21.6. The smallest absolute Gasteiger partial charge is 0.227 e. The molecule has 27 heteroatoms. The van der Waals surface area contributed by atoms with Crippen molar-refractivity contribution in [3.8, 4) is 0 Å². The first-order valence-corrected chi connectivity index (χ1v) is 48.7. The van der Waals surface area contributed by atoms with Gasteiger partial charge < -0.3 is 56.4 Å². The Morgan fingerprint density at radius 3 is 0.785 bits per heavy atom. The second-order valence-electron chi connectivity index (χ2n) is 37.4. The lowest BCUT2D eigenvalue weighted by atomic mass is 10.1. The van der Waals surface area contributed by atoms with Crippen LogP contribution in [0.3, 0.4) is 0 Å². The molecule has 0 bridgehead atoms. The van der Waals surface area contributed by atoms with Crippen LogP contribution in [0.4, 0.5) is 103 Å². The van der Waals surface area contributed by atoms with Crippen LogP contribution in [-0.4, -0.2) is 103 Å². The summed E-state index contributed by atoms with van der Waals surface area (Å²) < 4.78 is 31.3. The highest BCUT2D eigenvalue weighted by molar-refractivity contribution is 6.15. The van der Waals surface area contributed by atoms with E-state index in [-0.39, 0.29) is 30.8 Å². The third-order valence-corrected chi connectivity index (χ3v) is 28.2. The standard InChI is InChI=1S/2C25H20N4O.C24H19N5O.C22H22N4O.C21H21N5O/c1-16-12-13-19-20-10-6-15-27-25(20)30-23(19)22(16)29-17(2)28(18-8-4-3-5-9-18)24-21(29)11-7-14-26-24;1-16-12-13-19-20-10-6-15-27-25(20)30-23(19)22(16)29-17(2)28(18-8-4-3-5-9-18)21-11-7-14-26-24(21)29;1-15-10-11-18-19-9-6-12-27-24(19)30-21(18)20(15)29-16(2)28(17-7-4-3-5-8-17)22-23(29)26-14-13-25-22;1-13(2)25-15(4)26(18-8-6-11-23-21(18)25)19-14(3)9-10-16-17-7-5-12-24-22(17)27-20(16)19;1-12(2)25-14(4)26(20-19(25)22-10-11-23-20)17-13(3)7-8-15-16-6-5-9-24-21(16)27-18(15)17/h2*3-15,17H,1-2H3;3-14,16H,1-2H3;5-13,15H,1-4H3;5-12,14H,1-4H3. The molecule has 0 spiro atoms. The van der Waals surface area contributed by atoms with Gasteiger partial charge in [0.2, 0.25) is 28.6 Å².